The molecule has 2 aromatic carbocycles. The Morgan fingerprint density at radius 2 is 1.55 bits per heavy atom. The van der Waals surface area contributed by atoms with Crippen LogP contribution < -0.4 is 10.1 Å². The molecule has 31 heavy (non-hydrogen) atoms. The van der Waals surface area contributed by atoms with E-state index in [0.29, 0.717) is 0 Å². The number of rotatable bonds is 10. The van der Waals surface area contributed by atoms with Crippen molar-refractivity contribution in [3.8, 4) is 5.75 Å². The summed E-state index contributed by atoms with van der Waals surface area (Å²) in [6.07, 6.45) is -0.753. The first-order valence-corrected chi connectivity index (χ1v) is 9.27. The molecule has 2 rings (SSSR count). The molecule has 0 aliphatic rings. The van der Waals surface area contributed by atoms with Crippen molar-refractivity contribution in [2.24, 2.45) is 0 Å². The Kier molecular flexibility index (Phi) is 8.01. The topological polar surface area (TPSA) is 151 Å². The maximum Gasteiger partial charge on any atom is 0.310 e. The van der Waals surface area contributed by atoms with E-state index in [9.17, 15) is 29.8 Å². The normalized spacial score (nSPS) is 11.5. The summed E-state index contributed by atoms with van der Waals surface area (Å²) in [7, 11) is 0. The summed E-state index contributed by atoms with van der Waals surface area (Å²) >= 11 is 0. The first-order chi connectivity index (χ1) is 14.7. The van der Waals surface area contributed by atoms with Gasteiger partial charge in [0.25, 0.3) is 11.6 Å². The van der Waals surface area contributed by atoms with E-state index in [1.54, 1.807) is 19.9 Å². The molecule has 1 atom stereocenters. The highest BCUT2D eigenvalue weighted by Gasteiger charge is 2.27. The van der Waals surface area contributed by atoms with Crippen LogP contribution in [0.5, 0.6) is 5.75 Å². The van der Waals surface area contributed by atoms with Crippen LogP contribution in [0.2, 0.25) is 0 Å². The van der Waals surface area contributed by atoms with Crippen LogP contribution >= 0.6 is 0 Å². The Morgan fingerprint density at radius 1 is 0.968 bits per heavy atom. The molecule has 1 N–H and O–H groups in total. The Morgan fingerprint density at radius 3 is 2.16 bits per heavy atom. The van der Waals surface area contributed by atoms with Gasteiger partial charge in [-0.1, -0.05) is 30.3 Å². The van der Waals surface area contributed by atoms with Crippen molar-refractivity contribution < 1.29 is 28.9 Å². The zero-order valence-electron chi connectivity index (χ0n) is 16.8. The summed E-state index contributed by atoms with van der Waals surface area (Å²) in [6, 6.07) is 10.2. The molecule has 0 aliphatic carbocycles. The van der Waals surface area contributed by atoms with Gasteiger partial charge in [0, 0.05) is 12.1 Å². The average Bonchev–Trinajstić information content (AvgIpc) is 2.71. The third-order valence-electron chi connectivity index (χ3n) is 4.00. The lowest BCUT2D eigenvalue weighted by Gasteiger charge is -2.19. The predicted molar refractivity (Wildman–Crippen MR) is 108 cm³/mol. The summed E-state index contributed by atoms with van der Waals surface area (Å²) < 4.78 is 10.3. The largest absolute Gasteiger partial charge is 0.477 e. The molecule has 0 spiro atoms. The molecule has 0 bridgehead atoms. The standard InChI is InChI=1S/C20H21N3O8/c1-13(2)31-20(25)11-15(14-7-3-4-8-16(14)22(26)27)21-19(24)12-30-18-10-6-5-9-17(18)23(28)29/h3-10,13,15H,11-12H2,1-2H3,(H,21,24). The fraction of sp³-hybridized carbons (Fsp3) is 0.300. The lowest BCUT2D eigenvalue weighted by molar-refractivity contribution is -0.385. The van der Waals surface area contributed by atoms with Gasteiger partial charge in [0.2, 0.25) is 0 Å². The van der Waals surface area contributed by atoms with Crippen LogP contribution in [0.4, 0.5) is 11.4 Å². The highest BCUT2D eigenvalue weighted by Crippen LogP contribution is 2.28. The number of amides is 1. The van der Waals surface area contributed by atoms with Gasteiger partial charge < -0.3 is 14.8 Å². The van der Waals surface area contributed by atoms with Crippen LogP contribution in [0.25, 0.3) is 0 Å². The Labute approximate surface area is 177 Å². The molecule has 0 aliphatic heterocycles. The molecule has 0 aromatic heterocycles. The van der Waals surface area contributed by atoms with Crippen molar-refractivity contribution in [2.45, 2.75) is 32.4 Å². The molecule has 0 fully saturated rings. The number of nitrogens with zero attached hydrogens (tertiary/aromatic N) is 2. The minimum atomic E-state index is -1.06. The Bertz CT molecular complexity index is 976. The van der Waals surface area contributed by atoms with Crippen LogP contribution in [-0.4, -0.2) is 34.4 Å². The van der Waals surface area contributed by atoms with Crippen LogP contribution in [0.1, 0.15) is 31.9 Å². The van der Waals surface area contributed by atoms with E-state index >= 15 is 0 Å². The zero-order chi connectivity index (χ0) is 23.0. The van der Waals surface area contributed by atoms with Crippen molar-refractivity contribution >= 4 is 23.3 Å². The van der Waals surface area contributed by atoms with E-state index in [1.165, 1.54) is 42.5 Å². The van der Waals surface area contributed by atoms with Gasteiger partial charge in [0.1, 0.15) is 0 Å². The number of hydrogen-bond donors (Lipinski definition) is 1. The SMILES string of the molecule is CC(C)OC(=O)CC(NC(=O)COc1ccccc1[N+](=O)[O-])c1ccccc1[N+](=O)[O-]. The van der Waals surface area contributed by atoms with Gasteiger partial charge in [-0.25, -0.2) is 0 Å². The maximum absolute atomic E-state index is 12.4. The number of carbonyl (C=O) groups excluding carboxylic acids is 2. The van der Waals surface area contributed by atoms with Crippen LogP contribution in [0.3, 0.4) is 0 Å². The highest BCUT2D eigenvalue weighted by atomic mass is 16.6. The van der Waals surface area contributed by atoms with Gasteiger partial charge in [-0.15, -0.1) is 0 Å². The fourth-order valence-electron chi connectivity index (χ4n) is 2.77. The number of esters is 1. The quantitative estimate of drug-likeness (QED) is 0.342. The van der Waals surface area contributed by atoms with E-state index in [2.05, 4.69) is 5.32 Å². The molecule has 11 heteroatoms. The first kappa shape index (κ1) is 23.3. The maximum atomic E-state index is 12.4. The Hall–Kier alpha value is -4.02. The predicted octanol–water partition coefficient (Wildman–Crippen LogP) is 3.08. The number of ether oxygens (including phenoxy) is 2. The molecular weight excluding hydrogens is 410 g/mol. The number of para-hydroxylation sites is 3. The molecule has 1 unspecified atom stereocenters. The van der Waals surface area contributed by atoms with Crippen molar-refractivity contribution in [3.05, 3.63) is 74.3 Å². The number of nitrogens with one attached hydrogen (secondary N) is 1. The second kappa shape index (κ2) is 10.7. The van der Waals surface area contributed by atoms with Crippen LogP contribution in [0, 0.1) is 20.2 Å². The number of benzene rings is 2. The zero-order valence-corrected chi connectivity index (χ0v) is 16.8. The molecule has 1 amide bonds. The van der Waals surface area contributed by atoms with Crippen LogP contribution in [0.15, 0.2) is 48.5 Å². The number of nitro groups is 2. The summed E-state index contributed by atoms with van der Waals surface area (Å²) in [6.45, 7) is 2.70. The van der Waals surface area contributed by atoms with Gasteiger partial charge in [-0.2, -0.15) is 0 Å². The minimum absolute atomic E-state index is 0.107. The van der Waals surface area contributed by atoms with Gasteiger partial charge in [0.15, 0.2) is 12.4 Å². The lowest BCUT2D eigenvalue weighted by atomic mass is 10.0. The van der Waals surface area contributed by atoms with E-state index in [4.69, 9.17) is 9.47 Å². The third kappa shape index (κ3) is 6.77. The fourth-order valence-corrected chi connectivity index (χ4v) is 2.77. The minimum Gasteiger partial charge on any atom is -0.477 e. The average molecular weight is 431 g/mol. The molecule has 0 saturated heterocycles. The van der Waals surface area contributed by atoms with Gasteiger partial charge >= 0.3 is 11.7 Å². The smallest absolute Gasteiger partial charge is 0.310 e. The van der Waals surface area contributed by atoms with E-state index in [1.807, 2.05) is 0 Å². The monoisotopic (exact) mass is 431 g/mol. The summed E-state index contributed by atoms with van der Waals surface area (Å²) in [5.74, 6) is -1.49. The van der Waals surface area contributed by atoms with E-state index < -0.39 is 40.5 Å². The summed E-state index contributed by atoms with van der Waals surface area (Å²) in [5, 5.41) is 24.9. The van der Waals surface area contributed by atoms with Crippen molar-refractivity contribution in [1.29, 1.82) is 0 Å². The van der Waals surface area contributed by atoms with Gasteiger partial charge in [-0.05, 0) is 19.9 Å². The van der Waals surface area contributed by atoms with E-state index in [0.717, 1.165) is 0 Å². The lowest BCUT2D eigenvalue weighted by Crippen LogP contribution is -2.34. The van der Waals surface area contributed by atoms with Crippen molar-refractivity contribution in [3.63, 3.8) is 0 Å². The van der Waals surface area contributed by atoms with Crippen LogP contribution in [-0.2, 0) is 14.3 Å². The number of nitro benzene ring substituents is 2. The third-order valence-corrected chi connectivity index (χ3v) is 4.00. The molecule has 0 radical (unpaired) electrons. The molecule has 11 nitrogen and oxygen atoms in total. The van der Waals surface area contributed by atoms with Crippen molar-refractivity contribution in [1.82, 2.24) is 5.32 Å². The molecular formula is C20H21N3O8. The number of hydrogen-bond acceptors (Lipinski definition) is 8. The molecule has 164 valence electrons. The number of carbonyl (C=O) groups is 2. The summed E-state index contributed by atoms with van der Waals surface area (Å²) in [5.41, 5.74) is -0.469. The molecule has 0 heterocycles. The highest BCUT2D eigenvalue weighted by molar-refractivity contribution is 5.80. The Balaban J connectivity index is 2.19. The summed E-state index contributed by atoms with van der Waals surface area (Å²) in [4.78, 5) is 45.7. The van der Waals surface area contributed by atoms with Gasteiger partial charge in [-0.3, -0.25) is 29.8 Å². The van der Waals surface area contributed by atoms with Gasteiger partial charge in [0.05, 0.1) is 34.0 Å². The molecule has 2 aromatic rings. The second-order valence-electron chi connectivity index (χ2n) is 6.69. The van der Waals surface area contributed by atoms with E-state index in [-0.39, 0.29) is 29.1 Å². The second-order valence-corrected chi connectivity index (χ2v) is 6.69. The molecule has 0 saturated carbocycles. The first-order valence-electron chi connectivity index (χ1n) is 9.27. The van der Waals surface area contributed by atoms with Crippen molar-refractivity contribution in [2.75, 3.05) is 6.61 Å².